The number of anilines is 1. The summed E-state index contributed by atoms with van der Waals surface area (Å²) in [5.41, 5.74) is -0.759. The standard InChI is InChI=1S/C19H15F3N2O3/c1-2-26-13-9-7-12(8-10-13)17-11-16(24-27-17)18(25)23-15-6-4-3-5-14(15)19(20,21)22/h3-11H,2H2,1H3,(H,23,25). The van der Waals surface area contributed by atoms with E-state index in [-0.39, 0.29) is 11.4 Å². The Bertz CT molecular complexity index is 934. The van der Waals surface area contributed by atoms with E-state index in [1.807, 2.05) is 6.92 Å². The van der Waals surface area contributed by atoms with Crippen LogP contribution in [-0.2, 0) is 6.18 Å². The Balaban J connectivity index is 1.78. The van der Waals surface area contributed by atoms with Gasteiger partial charge in [-0.05, 0) is 43.3 Å². The highest BCUT2D eigenvalue weighted by molar-refractivity contribution is 6.03. The van der Waals surface area contributed by atoms with Crippen molar-refractivity contribution in [1.29, 1.82) is 0 Å². The van der Waals surface area contributed by atoms with Crippen LogP contribution >= 0.6 is 0 Å². The van der Waals surface area contributed by atoms with Crippen molar-refractivity contribution in [2.75, 3.05) is 11.9 Å². The van der Waals surface area contributed by atoms with Crippen molar-refractivity contribution in [1.82, 2.24) is 5.16 Å². The van der Waals surface area contributed by atoms with Crippen molar-refractivity contribution in [2.24, 2.45) is 0 Å². The number of amides is 1. The zero-order valence-electron chi connectivity index (χ0n) is 14.2. The van der Waals surface area contributed by atoms with E-state index in [1.54, 1.807) is 24.3 Å². The fraction of sp³-hybridized carbons (Fsp3) is 0.158. The summed E-state index contributed by atoms with van der Waals surface area (Å²) < 4.78 is 49.5. The van der Waals surface area contributed by atoms with Gasteiger partial charge >= 0.3 is 6.18 Å². The molecule has 0 aliphatic rings. The maximum atomic E-state index is 13.0. The molecule has 0 saturated carbocycles. The monoisotopic (exact) mass is 376 g/mol. The fourth-order valence-electron chi connectivity index (χ4n) is 2.43. The van der Waals surface area contributed by atoms with E-state index in [0.717, 1.165) is 6.07 Å². The number of para-hydroxylation sites is 1. The molecule has 0 radical (unpaired) electrons. The van der Waals surface area contributed by atoms with Crippen LogP contribution in [0.5, 0.6) is 5.75 Å². The topological polar surface area (TPSA) is 64.4 Å². The molecule has 0 spiro atoms. The minimum Gasteiger partial charge on any atom is -0.494 e. The van der Waals surface area contributed by atoms with E-state index >= 15 is 0 Å². The molecule has 5 nitrogen and oxygen atoms in total. The van der Waals surface area contributed by atoms with Crippen LogP contribution in [0, 0.1) is 0 Å². The van der Waals surface area contributed by atoms with Gasteiger partial charge in [0.05, 0.1) is 17.9 Å². The molecular weight excluding hydrogens is 361 g/mol. The highest BCUT2D eigenvalue weighted by atomic mass is 19.4. The third-order valence-corrected chi connectivity index (χ3v) is 3.67. The fourth-order valence-corrected chi connectivity index (χ4v) is 2.43. The van der Waals surface area contributed by atoms with Gasteiger partial charge in [0.2, 0.25) is 0 Å². The van der Waals surface area contributed by atoms with Gasteiger partial charge in [0.1, 0.15) is 5.75 Å². The first-order valence-electron chi connectivity index (χ1n) is 8.06. The van der Waals surface area contributed by atoms with Gasteiger partial charge in [-0.25, -0.2) is 0 Å². The minimum absolute atomic E-state index is 0.129. The number of hydrogen-bond acceptors (Lipinski definition) is 4. The summed E-state index contributed by atoms with van der Waals surface area (Å²) in [5.74, 6) is 0.197. The van der Waals surface area contributed by atoms with Gasteiger partial charge < -0.3 is 14.6 Å². The van der Waals surface area contributed by atoms with Gasteiger partial charge in [-0.15, -0.1) is 0 Å². The molecule has 0 aliphatic heterocycles. The minimum atomic E-state index is -4.58. The average Bonchev–Trinajstić information content (AvgIpc) is 3.12. The van der Waals surface area contributed by atoms with Gasteiger partial charge in [-0.2, -0.15) is 13.2 Å². The molecule has 0 unspecified atom stereocenters. The number of nitrogens with one attached hydrogen (secondary N) is 1. The van der Waals surface area contributed by atoms with Crippen LogP contribution < -0.4 is 10.1 Å². The lowest BCUT2D eigenvalue weighted by Crippen LogP contribution is -2.16. The average molecular weight is 376 g/mol. The van der Waals surface area contributed by atoms with E-state index in [4.69, 9.17) is 9.26 Å². The SMILES string of the molecule is CCOc1ccc(-c2cc(C(=O)Nc3ccccc3C(F)(F)F)no2)cc1. The summed E-state index contributed by atoms with van der Waals surface area (Å²) in [6.07, 6.45) is -4.58. The van der Waals surface area contributed by atoms with Crippen molar-refractivity contribution in [3.8, 4) is 17.1 Å². The zero-order valence-corrected chi connectivity index (χ0v) is 14.2. The smallest absolute Gasteiger partial charge is 0.418 e. The van der Waals surface area contributed by atoms with E-state index < -0.39 is 17.6 Å². The number of aromatic nitrogens is 1. The first-order chi connectivity index (χ1) is 12.9. The first kappa shape index (κ1) is 18.5. The summed E-state index contributed by atoms with van der Waals surface area (Å²) in [6.45, 7) is 2.40. The predicted molar refractivity (Wildman–Crippen MR) is 92.5 cm³/mol. The quantitative estimate of drug-likeness (QED) is 0.680. The molecule has 2 aromatic carbocycles. The number of hydrogen-bond donors (Lipinski definition) is 1. The van der Waals surface area contributed by atoms with E-state index in [9.17, 15) is 18.0 Å². The highest BCUT2D eigenvalue weighted by Crippen LogP contribution is 2.34. The number of nitrogens with zero attached hydrogens (tertiary/aromatic N) is 1. The molecule has 1 heterocycles. The summed E-state index contributed by atoms with van der Waals surface area (Å²) in [5, 5.41) is 5.86. The van der Waals surface area contributed by atoms with Crippen LogP contribution in [0.2, 0.25) is 0 Å². The number of halogens is 3. The molecule has 0 fully saturated rings. The molecule has 140 valence electrons. The Morgan fingerprint density at radius 1 is 1.15 bits per heavy atom. The van der Waals surface area contributed by atoms with Crippen molar-refractivity contribution in [3.63, 3.8) is 0 Å². The Kier molecular flexibility index (Phi) is 5.16. The summed E-state index contributed by atoms with van der Waals surface area (Å²) in [7, 11) is 0. The lowest BCUT2D eigenvalue weighted by Gasteiger charge is -2.12. The maximum absolute atomic E-state index is 13.0. The largest absolute Gasteiger partial charge is 0.494 e. The lowest BCUT2D eigenvalue weighted by molar-refractivity contribution is -0.136. The molecule has 1 amide bonds. The molecule has 3 aromatic rings. The summed E-state index contributed by atoms with van der Waals surface area (Å²) in [6, 6.07) is 13.0. The van der Waals surface area contributed by atoms with Crippen LogP contribution in [0.15, 0.2) is 59.1 Å². The number of ether oxygens (including phenoxy) is 1. The Morgan fingerprint density at radius 3 is 2.52 bits per heavy atom. The molecule has 0 atom stereocenters. The van der Waals surface area contributed by atoms with Crippen LogP contribution in [0.1, 0.15) is 23.0 Å². The second-order valence-electron chi connectivity index (χ2n) is 5.53. The third kappa shape index (κ3) is 4.28. The molecule has 8 heteroatoms. The molecule has 0 bridgehead atoms. The normalized spacial score (nSPS) is 11.3. The van der Waals surface area contributed by atoms with Crippen molar-refractivity contribution < 1.29 is 27.2 Å². The van der Waals surface area contributed by atoms with Crippen molar-refractivity contribution in [3.05, 3.63) is 65.9 Å². The Labute approximate surface area is 152 Å². The predicted octanol–water partition coefficient (Wildman–Crippen LogP) is 5.01. The summed E-state index contributed by atoms with van der Waals surface area (Å²) >= 11 is 0. The van der Waals surface area contributed by atoms with Gasteiger partial charge in [0.15, 0.2) is 11.5 Å². The van der Waals surface area contributed by atoms with Crippen LogP contribution in [-0.4, -0.2) is 17.7 Å². The van der Waals surface area contributed by atoms with Crippen molar-refractivity contribution in [2.45, 2.75) is 13.1 Å². The number of carbonyl (C=O) groups excluding carboxylic acids is 1. The number of rotatable bonds is 5. The van der Waals surface area contributed by atoms with Crippen LogP contribution in [0.25, 0.3) is 11.3 Å². The van der Waals surface area contributed by atoms with Gasteiger partial charge in [0, 0.05) is 11.6 Å². The first-order valence-corrected chi connectivity index (χ1v) is 8.06. The van der Waals surface area contributed by atoms with Crippen LogP contribution in [0.4, 0.5) is 18.9 Å². The maximum Gasteiger partial charge on any atom is 0.418 e. The Morgan fingerprint density at radius 2 is 1.85 bits per heavy atom. The molecule has 27 heavy (non-hydrogen) atoms. The number of carbonyl (C=O) groups is 1. The molecular formula is C19H15F3N2O3. The van der Waals surface area contributed by atoms with E-state index in [1.165, 1.54) is 24.3 Å². The van der Waals surface area contributed by atoms with Crippen LogP contribution in [0.3, 0.4) is 0 Å². The van der Waals surface area contributed by atoms with Gasteiger partial charge in [-0.3, -0.25) is 4.79 Å². The molecule has 1 aromatic heterocycles. The third-order valence-electron chi connectivity index (χ3n) is 3.67. The van der Waals surface area contributed by atoms with Gasteiger partial charge in [-0.1, -0.05) is 17.3 Å². The molecule has 0 aliphatic carbocycles. The molecule has 0 saturated heterocycles. The van der Waals surface area contributed by atoms with E-state index in [2.05, 4.69) is 10.5 Å². The van der Waals surface area contributed by atoms with Crippen molar-refractivity contribution >= 4 is 11.6 Å². The molecule has 1 N–H and O–H groups in total. The highest BCUT2D eigenvalue weighted by Gasteiger charge is 2.33. The van der Waals surface area contributed by atoms with Gasteiger partial charge in [0.25, 0.3) is 5.91 Å². The molecule has 3 rings (SSSR count). The lowest BCUT2D eigenvalue weighted by atomic mass is 10.1. The Hall–Kier alpha value is -3.29. The number of benzene rings is 2. The van der Waals surface area contributed by atoms with E-state index in [0.29, 0.717) is 23.7 Å². The zero-order chi connectivity index (χ0) is 19.4. The second-order valence-corrected chi connectivity index (χ2v) is 5.53. The summed E-state index contributed by atoms with van der Waals surface area (Å²) in [4.78, 5) is 12.3. The number of alkyl halides is 3. The second kappa shape index (κ2) is 7.53.